The monoisotopic (exact) mass is 565 g/mol. The van der Waals surface area contributed by atoms with Crippen LogP contribution in [-0.4, -0.2) is 16.2 Å². The Morgan fingerprint density at radius 3 is 1.93 bits per heavy atom. The Kier molecular flexibility index (Phi) is 5.51. The number of para-hydroxylation sites is 2. The average molecular weight is 566 g/mol. The zero-order valence-electron chi connectivity index (χ0n) is 23.9. The molecule has 0 radical (unpaired) electrons. The van der Waals surface area contributed by atoms with Crippen molar-refractivity contribution in [3.8, 4) is 45.3 Å². The van der Waals surface area contributed by atoms with Gasteiger partial charge in [0.1, 0.15) is 11.5 Å². The molecule has 0 bridgehead atoms. The second-order valence-electron chi connectivity index (χ2n) is 11.4. The van der Waals surface area contributed by atoms with E-state index in [0.29, 0.717) is 5.82 Å². The first-order valence-electron chi connectivity index (χ1n) is 15.1. The van der Waals surface area contributed by atoms with Gasteiger partial charge >= 0.3 is 0 Å². The number of hydrogen-bond acceptors (Lipinski definition) is 4. The number of allylic oxidation sites excluding steroid dienone is 1. The molecule has 0 unspecified atom stereocenters. The van der Waals surface area contributed by atoms with Gasteiger partial charge in [0.25, 0.3) is 0 Å². The molecule has 1 aliphatic carbocycles. The van der Waals surface area contributed by atoms with Gasteiger partial charge in [0.15, 0.2) is 5.82 Å². The second-order valence-corrected chi connectivity index (χ2v) is 11.4. The van der Waals surface area contributed by atoms with E-state index in [1.165, 1.54) is 22.3 Å². The first-order chi connectivity index (χ1) is 21.8. The van der Waals surface area contributed by atoms with Crippen LogP contribution in [0.1, 0.15) is 40.8 Å². The van der Waals surface area contributed by atoms with Gasteiger partial charge in [-0.2, -0.15) is 0 Å². The molecule has 1 spiro atoms. The maximum Gasteiger partial charge on any atom is 0.160 e. The van der Waals surface area contributed by atoms with E-state index in [2.05, 4.69) is 115 Å². The molecule has 5 aromatic carbocycles. The van der Waals surface area contributed by atoms with Gasteiger partial charge in [-0.15, -0.1) is 0 Å². The molecular formula is C40H27N3O. The minimum Gasteiger partial charge on any atom is -0.456 e. The van der Waals surface area contributed by atoms with Crippen LogP contribution in [0.2, 0.25) is 0 Å². The lowest BCUT2D eigenvalue weighted by Crippen LogP contribution is -2.32. The van der Waals surface area contributed by atoms with Crippen molar-refractivity contribution in [2.45, 2.75) is 18.3 Å². The quantitative estimate of drug-likeness (QED) is 0.214. The van der Waals surface area contributed by atoms with E-state index >= 15 is 0 Å². The maximum absolute atomic E-state index is 6.91. The third-order valence-electron chi connectivity index (χ3n) is 9.03. The van der Waals surface area contributed by atoms with Crippen LogP contribution >= 0.6 is 0 Å². The smallest absolute Gasteiger partial charge is 0.160 e. The molecule has 3 heterocycles. The van der Waals surface area contributed by atoms with Gasteiger partial charge in [0, 0.05) is 28.5 Å². The number of aromatic nitrogens is 2. The van der Waals surface area contributed by atoms with Crippen molar-refractivity contribution in [2.75, 3.05) is 0 Å². The lowest BCUT2D eigenvalue weighted by Gasteiger charge is -2.40. The highest BCUT2D eigenvalue weighted by Crippen LogP contribution is 2.63. The van der Waals surface area contributed by atoms with Crippen LogP contribution in [0.4, 0.5) is 0 Å². The first kappa shape index (κ1) is 24.9. The van der Waals surface area contributed by atoms with E-state index in [9.17, 15) is 0 Å². The molecule has 9 rings (SSSR count). The van der Waals surface area contributed by atoms with Crippen LogP contribution in [0.5, 0.6) is 11.5 Å². The number of benzene rings is 5. The fourth-order valence-corrected chi connectivity index (χ4v) is 7.19. The van der Waals surface area contributed by atoms with E-state index in [1.54, 1.807) is 0 Å². The van der Waals surface area contributed by atoms with Crippen molar-refractivity contribution in [1.29, 1.82) is 0 Å². The fourth-order valence-electron chi connectivity index (χ4n) is 7.19. The summed E-state index contributed by atoms with van der Waals surface area (Å²) in [7, 11) is 0. The molecule has 44 heavy (non-hydrogen) atoms. The van der Waals surface area contributed by atoms with Crippen molar-refractivity contribution in [3.63, 3.8) is 0 Å². The number of nitrogens with zero attached hydrogens (tertiary/aromatic N) is 3. The highest BCUT2D eigenvalue weighted by Gasteiger charge is 2.51. The number of hydrogen-bond donors (Lipinski definition) is 0. The number of aliphatic imine (C=N–C) groups is 1. The Bertz CT molecular complexity index is 2120. The van der Waals surface area contributed by atoms with Gasteiger partial charge in [-0.1, -0.05) is 115 Å². The van der Waals surface area contributed by atoms with Gasteiger partial charge in [-0.3, -0.25) is 4.99 Å². The van der Waals surface area contributed by atoms with Gasteiger partial charge < -0.3 is 4.74 Å². The summed E-state index contributed by atoms with van der Waals surface area (Å²) < 4.78 is 6.91. The third kappa shape index (κ3) is 3.54. The molecular weight excluding hydrogens is 538 g/mol. The molecule has 4 nitrogen and oxygen atoms in total. The predicted molar refractivity (Wildman–Crippen MR) is 176 cm³/mol. The maximum atomic E-state index is 6.91. The Morgan fingerprint density at radius 2 is 1.18 bits per heavy atom. The molecule has 0 fully saturated rings. The number of ether oxygens (including phenoxy) is 1. The van der Waals surface area contributed by atoms with Crippen LogP contribution in [-0.2, 0) is 5.41 Å². The summed E-state index contributed by atoms with van der Waals surface area (Å²) in [6.45, 7) is 0. The van der Waals surface area contributed by atoms with Gasteiger partial charge in [-0.25, -0.2) is 9.97 Å². The predicted octanol–water partition coefficient (Wildman–Crippen LogP) is 9.48. The van der Waals surface area contributed by atoms with Crippen LogP contribution in [0.3, 0.4) is 0 Å². The van der Waals surface area contributed by atoms with Gasteiger partial charge in [0.05, 0.1) is 22.5 Å². The van der Waals surface area contributed by atoms with E-state index in [-0.39, 0.29) is 0 Å². The third-order valence-corrected chi connectivity index (χ3v) is 9.03. The number of rotatable bonds is 3. The van der Waals surface area contributed by atoms with Crippen molar-refractivity contribution in [1.82, 2.24) is 9.97 Å². The molecule has 6 aromatic rings. The van der Waals surface area contributed by atoms with E-state index in [0.717, 1.165) is 63.7 Å². The van der Waals surface area contributed by atoms with Crippen LogP contribution in [0.15, 0.2) is 138 Å². The molecule has 0 saturated carbocycles. The molecule has 3 aliphatic rings. The van der Waals surface area contributed by atoms with Crippen LogP contribution in [0.25, 0.3) is 39.5 Å². The highest BCUT2D eigenvalue weighted by atomic mass is 16.5. The zero-order valence-corrected chi connectivity index (χ0v) is 23.9. The summed E-state index contributed by atoms with van der Waals surface area (Å²) >= 11 is 0. The zero-order chi connectivity index (χ0) is 29.1. The topological polar surface area (TPSA) is 47.4 Å². The Morgan fingerprint density at radius 1 is 0.545 bits per heavy atom. The summed E-state index contributed by atoms with van der Waals surface area (Å²) in [6, 6.07) is 44.8. The lowest BCUT2D eigenvalue weighted by atomic mass is 9.65. The molecule has 0 atom stereocenters. The Balaban J connectivity index is 1.34. The van der Waals surface area contributed by atoms with E-state index in [4.69, 9.17) is 19.7 Å². The average Bonchev–Trinajstić information content (AvgIpc) is 3.40. The Labute approximate surface area is 256 Å². The number of fused-ring (bicyclic) bond motifs is 9. The first-order valence-corrected chi connectivity index (χ1v) is 15.1. The molecule has 1 aromatic heterocycles. The molecule has 0 N–H and O–H groups in total. The van der Waals surface area contributed by atoms with Crippen molar-refractivity contribution in [2.24, 2.45) is 4.99 Å². The summed E-state index contributed by atoms with van der Waals surface area (Å²) in [6.07, 6.45) is 6.02. The fraction of sp³-hybridized carbons (Fsp3) is 0.0750. The second kappa shape index (κ2) is 9.72. The Hall–Kier alpha value is -5.61. The SMILES string of the molecule is C1=NC(c2cc(-c3cccc4c3Oc3ccccc3C43c4ccccc4-c4ccccc43)nc(-c3ccccc3)n2)=CCC1. The van der Waals surface area contributed by atoms with E-state index in [1.807, 2.05) is 24.4 Å². The van der Waals surface area contributed by atoms with Gasteiger partial charge in [0.2, 0.25) is 0 Å². The molecule has 208 valence electrons. The summed E-state index contributed by atoms with van der Waals surface area (Å²) in [5, 5.41) is 0. The van der Waals surface area contributed by atoms with Crippen molar-refractivity contribution < 1.29 is 4.74 Å². The summed E-state index contributed by atoms with van der Waals surface area (Å²) in [4.78, 5) is 14.9. The summed E-state index contributed by atoms with van der Waals surface area (Å²) in [5.41, 5.74) is 11.2. The molecule has 0 saturated heterocycles. The lowest BCUT2D eigenvalue weighted by molar-refractivity contribution is 0.438. The minimum absolute atomic E-state index is 0.526. The molecule has 4 heteroatoms. The normalized spacial score (nSPS) is 15.0. The largest absolute Gasteiger partial charge is 0.456 e. The molecule has 0 amide bonds. The van der Waals surface area contributed by atoms with Crippen LogP contribution < -0.4 is 4.74 Å². The van der Waals surface area contributed by atoms with E-state index < -0.39 is 5.41 Å². The van der Waals surface area contributed by atoms with Crippen LogP contribution in [0, 0.1) is 0 Å². The standard InChI is InChI=1S/C40H27N3O/c1-2-13-26(14-3-1)39-42-35(25-36(43-39)34-22-10-11-24-41-34)29-17-12-21-33-38(29)44-37-23-9-8-20-32(37)40(33)30-18-6-4-15-27(30)28-16-5-7-19-31(28)40/h1-9,12-25H,10-11H2. The minimum atomic E-state index is -0.526. The van der Waals surface area contributed by atoms with Gasteiger partial charge in [-0.05, 0) is 53.3 Å². The summed E-state index contributed by atoms with van der Waals surface area (Å²) in [5.74, 6) is 2.35. The van der Waals surface area contributed by atoms with Crippen molar-refractivity contribution >= 4 is 11.9 Å². The van der Waals surface area contributed by atoms with Crippen molar-refractivity contribution in [3.05, 3.63) is 161 Å². The highest BCUT2D eigenvalue weighted by molar-refractivity contribution is 5.90. The molecule has 2 aliphatic heterocycles.